The Morgan fingerprint density at radius 3 is 2.78 bits per heavy atom. The van der Waals surface area contributed by atoms with Crippen molar-refractivity contribution in [2.24, 2.45) is 28.3 Å². The predicted octanol–water partition coefficient (Wildman–Crippen LogP) is 3.23. The van der Waals surface area contributed by atoms with E-state index in [1.165, 1.54) is 5.56 Å². The number of fused-ring (bicyclic) bond motifs is 5. The zero-order valence-electron chi connectivity index (χ0n) is 20.7. The van der Waals surface area contributed by atoms with Crippen LogP contribution in [0.4, 0.5) is 0 Å². The van der Waals surface area contributed by atoms with Gasteiger partial charge in [-0.1, -0.05) is 18.1 Å². The molecule has 0 bridgehead atoms. The molecule has 1 aliphatic heterocycles. The van der Waals surface area contributed by atoms with Crippen LogP contribution >= 0.6 is 0 Å². The number of phenols is 1. The summed E-state index contributed by atoms with van der Waals surface area (Å²) in [5, 5.41) is 34.9. The highest BCUT2D eigenvalue weighted by Crippen LogP contribution is 2.61. The lowest BCUT2D eigenvalue weighted by atomic mass is 9.55. The molecule has 3 fully saturated rings. The minimum atomic E-state index is -0.779. The van der Waals surface area contributed by atoms with Crippen LogP contribution in [0.25, 0.3) is 0 Å². The van der Waals surface area contributed by atoms with E-state index in [0.29, 0.717) is 50.1 Å². The molecule has 5 atom stereocenters. The van der Waals surface area contributed by atoms with Crippen molar-refractivity contribution in [1.29, 1.82) is 0 Å². The fraction of sp³-hybridized carbons (Fsp3) is 0.692. The second-order valence-corrected chi connectivity index (χ2v) is 11.1. The number of aromatic hydroxyl groups is 1. The van der Waals surface area contributed by atoms with Crippen molar-refractivity contribution in [3.63, 3.8) is 0 Å². The van der Waals surface area contributed by atoms with Gasteiger partial charge < -0.3 is 24.8 Å². The number of oxime groups is 1. The molecular formula is C26H35N3O7. The summed E-state index contributed by atoms with van der Waals surface area (Å²) in [4.78, 5) is 34.8. The summed E-state index contributed by atoms with van der Waals surface area (Å²) in [5.41, 5.74) is 2.72. The molecular weight excluding hydrogens is 466 g/mol. The van der Waals surface area contributed by atoms with E-state index in [2.05, 4.69) is 16.9 Å². The topological polar surface area (TPSA) is 135 Å². The number of amides is 1. The molecule has 1 saturated heterocycles. The number of aliphatic hydroxyl groups excluding tert-OH is 1. The molecule has 36 heavy (non-hydrogen) atoms. The molecule has 10 nitrogen and oxygen atoms in total. The van der Waals surface area contributed by atoms with Gasteiger partial charge in [0.1, 0.15) is 5.75 Å². The molecule has 0 radical (unpaired) electrons. The number of phenolic OH excluding ortho intramolecular Hbond substituents is 1. The van der Waals surface area contributed by atoms with E-state index in [0.717, 1.165) is 37.0 Å². The summed E-state index contributed by atoms with van der Waals surface area (Å²) in [6.45, 7) is 3.12. The first-order chi connectivity index (χ1) is 17.3. The number of benzene rings is 1. The Morgan fingerprint density at radius 1 is 1.25 bits per heavy atom. The minimum absolute atomic E-state index is 0.0602. The predicted molar refractivity (Wildman–Crippen MR) is 130 cm³/mol. The standard InChI is InChI=1S/C26H35N3O7/c1-26-9-6-19-18-3-2-17(30)12-21(18)23(13-20(19)22(26)4-5-24(26)31)27-35-15-25(32)28-10-7-16(8-11-28)14-36-29(33)34/h2-3,12,16,19-20,22,24,30-31H,4-11,13-15H2,1H3/t19-,20-,22+,24+,26+/m1/s1. The molecule has 1 heterocycles. The number of hydrogen-bond acceptors (Lipinski definition) is 8. The molecule has 10 heteroatoms. The average Bonchev–Trinajstić information content (AvgIpc) is 3.17. The second-order valence-electron chi connectivity index (χ2n) is 11.1. The Morgan fingerprint density at radius 2 is 2.03 bits per heavy atom. The number of nitrogens with zero attached hydrogens (tertiary/aromatic N) is 3. The number of piperidine rings is 1. The third kappa shape index (κ3) is 4.63. The van der Waals surface area contributed by atoms with Gasteiger partial charge >= 0.3 is 0 Å². The summed E-state index contributed by atoms with van der Waals surface area (Å²) < 4.78 is 0. The van der Waals surface area contributed by atoms with E-state index in [1.54, 1.807) is 17.0 Å². The van der Waals surface area contributed by atoms with Crippen LogP contribution in [-0.2, 0) is 14.5 Å². The van der Waals surface area contributed by atoms with E-state index in [4.69, 9.17) is 4.84 Å². The van der Waals surface area contributed by atoms with Gasteiger partial charge in [0, 0.05) is 18.7 Å². The van der Waals surface area contributed by atoms with Crippen LogP contribution in [0.15, 0.2) is 23.4 Å². The van der Waals surface area contributed by atoms with Crippen molar-refractivity contribution in [3.05, 3.63) is 39.4 Å². The van der Waals surface area contributed by atoms with Crippen LogP contribution in [0.3, 0.4) is 0 Å². The quantitative estimate of drug-likeness (QED) is 0.451. The SMILES string of the molecule is C[C@]12CC[C@@H]3c4ccc(O)cc4C(=NOCC(=O)N4CCC(CO[N+](=O)[O-])CC4)C[C@H]3[C@@H]1CC[C@@H]2O. The third-order valence-electron chi connectivity index (χ3n) is 9.31. The van der Waals surface area contributed by atoms with Gasteiger partial charge in [0.2, 0.25) is 0 Å². The first-order valence-corrected chi connectivity index (χ1v) is 13.0. The Balaban J connectivity index is 1.25. The van der Waals surface area contributed by atoms with Crippen LogP contribution in [0, 0.1) is 33.3 Å². The van der Waals surface area contributed by atoms with Crippen LogP contribution in [0.5, 0.6) is 5.75 Å². The Bertz CT molecular complexity index is 1040. The molecule has 2 saturated carbocycles. The van der Waals surface area contributed by atoms with Gasteiger partial charge in [0.05, 0.1) is 18.4 Å². The summed E-state index contributed by atoms with van der Waals surface area (Å²) in [7, 11) is 0. The van der Waals surface area contributed by atoms with Crippen LogP contribution in [0.2, 0.25) is 0 Å². The van der Waals surface area contributed by atoms with E-state index in [-0.39, 0.29) is 42.3 Å². The van der Waals surface area contributed by atoms with Crippen molar-refractivity contribution in [2.75, 3.05) is 26.3 Å². The van der Waals surface area contributed by atoms with Crippen molar-refractivity contribution in [1.82, 2.24) is 4.90 Å². The third-order valence-corrected chi connectivity index (χ3v) is 9.31. The van der Waals surface area contributed by atoms with E-state index < -0.39 is 5.09 Å². The first-order valence-electron chi connectivity index (χ1n) is 13.0. The normalized spacial score (nSPS) is 32.9. The maximum atomic E-state index is 12.7. The van der Waals surface area contributed by atoms with Crippen molar-refractivity contribution in [3.8, 4) is 5.75 Å². The van der Waals surface area contributed by atoms with Crippen molar-refractivity contribution in [2.45, 2.75) is 63.9 Å². The largest absolute Gasteiger partial charge is 0.508 e. The van der Waals surface area contributed by atoms with Gasteiger partial charge in [-0.25, -0.2) is 0 Å². The molecule has 1 aromatic carbocycles. The first kappa shape index (κ1) is 24.8. The Kier molecular flexibility index (Phi) is 6.80. The molecule has 1 aromatic rings. The van der Waals surface area contributed by atoms with Crippen LogP contribution in [0.1, 0.15) is 68.9 Å². The molecule has 0 spiro atoms. The van der Waals surface area contributed by atoms with Gasteiger partial charge in [0.15, 0.2) is 6.61 Å². The van der Waals surface area contributed by atoms with E-state index >= 15 is 0 Å². The maximum Gasteiger partial charge on any atom is 0.294 e. The highest BCUT2D eigenvalue weighted by molar-refractivity contribution is 6.03. The number of carbonyl (C=O) groups is 1. The zero-order valence-corrected chi connectivity index (χ0v) is 20.7. The molecule has 0 unspecified atom stereocenters. The average molecular weight is 502 g/mol. The summed E-state index contributed by atoms with van der Waals surface area (Å²) in [5.74, 6) is 1.19. The zero-order chi connectivity index (χ0) is 25.4. The van der Waals surface area contributed by atoms with Crippen molar-refractivity contribution >= 4 is 11.6 Å². The minimum Gasteiger partial charge on any atom is -0.508 e. The highest BCUT2D eigenvalue weighted by atomic mass is 16.9. The number of aliphatic hydroxyl groups is 1. The van der Waals surface area contributed by atoms with Gasteiger partial charge in [-0.2, -0.15) is 0 Å². The monoisotopic (exact) mass is 501 g/mol. The van der Waals surface area contributed by atoms with E-state index in [9.17, 15) is 25.1 Å². The molecule has 4 aliphatic rings. The van der Waals surface area contributed by atoms with Crippen LogP contribution in [-0.4, -0.2) is 64.2 Å². The van der Waals surface area contributed by atoms with Gasteiger partial charge in [-0.05, 0) is 91.7 Å². The summed E-state index contributed by atoms with van der Waals surface area (Å²) in [6, 6.07) is 5.45. The molecule has 3 aliphatic carbocycles. The number of rotatable bonds is 6. The molecule has 0 aromatic heterocycles. The van der Waals surface area contributed by atoms with Crippen LogP contribution < -0.4 is 0 Å². The maximum absolute atomic E-state index is 12.7. The smallest absolute Gasteiger partial charge is 0.294 e. The fourth-order valence-corrected chi connectivity index (χ4v) is 7.24. The fourth-order valence-electron chi connectivity index (χ4n) is 7.24. The van der Waals surface area contributed by atoms with Gasteiger partial charge in [-0.3, -0.25) is 4.79 Å². The lowest BCUT2D eigenvalue weighted by molar-refractivity contribution is -0.759. The summed E-state index contributed by atoms with van der Waals surface area (Å²) in [6.07, 6.45) is 5.56. The number of likely N-dealkylation sites (tertiary alicyclic amines) is 1. The Hall–Kier alpha value is -2.88. The molecule has 1 amide bonds. The molecule has 196 valence electrons. The lowest BCUT2D eigenvalue weighted by Gasteiger charge is -2.50. The highest BCUT2D eigenvalue weighted by Gasteiger charge is 2.55. The number of hydrogen-bond donors (Lipinski definition) is 2. The Labute approximate surface area is 210 Å². The summed E-state index contributed by atoms with van der Waals surface area (Å²) >= 11 is 0. The van der Waals surface area contributed by atoms with E-state index in [1.807, 2.05) is 6.07 Å². The second kappa shape index (κ2) is 9.88. The lowest BCUT2D eigenvalue weighted by Crippen LogP contribution is -2.45. The molecule has 2 N–H and O–H groups in total. The molecule has 5 rings (SSSR count). The van der Waals surface area contributed by atoms with Gasteiger partial charge in [0.25, 0.3) is 11.0 Å². The number of carbonyl (C=O) groups excluding carboxylic acids is 1. The van der Waals surface area contributed by atoms with Crippen molar-refractivity contribution < 1.29 is 29.8 Å². The van der Waals surface area contributed by atoms with Gasteiger partial charge in [-0.15, -0.1) is 10.1 Å².